The predicted molar refractivity (Wildman–Crippen MR) is 94.3 cm³/mol. The largest absolute Gasteiger partial charge is 0.434 e. The van der Waals surface area contributed by atoms with Crippen LogP contribution in [0, 0.1) is 0 Å². The lowest BCUT2D eigenvalue weighted by molar-refractivity contribution is -0.111. The van der Waals surface area contributed by atoms with Crippen molar-refractivity contribution in [2.75, 3.05) is 5.32 Å². The quantitative estimate of drug-likeness (QED) is 0.677. The van der Waals surface area contributed by atoms with E-state index in [1.165, 1.54) is 18.2 Å². The number of hydrogen-bond acceptors (Lipinski definition) is 3. The van der Waals surface area contributed by atoms with Crippen molar-refractivity contribution in [1.82, 2.24) is 9.78 Å². The van der Waals surface area contributed by atoms with Gasteiger partial charge < -0.3 is 10.1 Å². The smallest absolute Gasteiger partial charge is 0.387 e. The van der Waals surface area contributed by atoms with E-state index in [0.29, 0.717) is 11.4 Å². The van der Waals surface area contributed by atoms with Crippen LogP contribution in [0.1, 0.15) is 5.56 Å². The van der Waals surface area contributed by atoms with Crippen LogP contribution in [-0.2, 0) is 4.79 Å². The number of halogens is 2. The number of ether oxygens (including phenoxy) is 1. The lowest BCUT2D eigenvalue weighted by atomic mass is 10.2. The van der Waals surface area contributed by atoms with E-state index in [1.807, 2.05) is 30.3 Å². The summed E-state index contributed by atoms with van der Waals surface area (Å²) >= 11 is 0. The number of amides is 1. The van der Waals surface area contributed by atoms with E-state index in [9.17, 15) is 13.6 Å². The van der Waals surface area contributed by atoms with Crippen molar-refractivity contribution in [2.45, 2.75) is 6.61 Å². The van der Waals surface area contributed by atoms with Gasteiger partial charge in [-0.3, -0.25) is 4.79 Å². The fourth-order valence-corrected chi connectivity index (χ4v) is 2.27. The van der Waals surface area contributed by atoms with Crippen LogP contribution >= 0.6 is 0 Å². The molecule has 5 nitrogen and oxygen atoms in total. The molecule has 0 unspecified atom stereocenters. The van der Waals surface area contributed by atoms with Crippen LogP contribution in [0.2, 0.25) is 0 Å². The van der Waals surface area contributed by atoms with E-state index < -0.39 is 12.5 Å². The molecule has 2 aromatic carbocycles. The molecule has 7 heteroatoms. The molecule has 1 amide bonds. The Labute approximate surface area is 148 Å². The number of benzene rings is 2. The molecular weight excluding hydrogens is 340 g/mol. The molecule has 3 rings (SSSR count). The maximum Gasteiger partial charge on any atom is 0.387 e. The molecule has 0 bridgehead atoms. The Morgan fingerprint density at radius 3 is 2.58 bits per heavy atom. The SMILES string of the molecule is O=C(/C=C/c1ccccc1OC(F)F)Nc1ccn(-c2ccccc2)n1. The maximum atomic E-state index is 12.4. The van der Waals surface area contributed by atoms with Crippen molar-refractivity contribution in [3.05, 3.63) is 78.5 Å². The summed E-state index contributed by atoms with van der Waals surface area (Å²) in [4.78, 5) is 12.0. The standard InChI is InChI=1S/C19H15F2N3O2/c20-19(21)26-16-9-5-4-6-14(16)10-11-18(25)22-17-12-13-24(23-17)15-7-2-1-3-8-15/h1-13,19H,(H,22,23,25)/b11-10+. The van der Waals surface area contributed by atoms with E-state index in [-0.39, 0.29) is 5.75 Å². The van der Waals surface area contributed by atoms with Crippen molar-refractivity contribution in [3.63, 3.8) is 0 Å². The molecule has 0 atom stereocenters. The van der Waals surface area contributed by atoms with E-state index in [0.717, 1.165) is 5.69 Å². The van der Waals surface area contributed by atoms with Crippen LogP contribution in [0.4, 0.5) is 14.6 Å². The molecule has 0 spiro atoms. The Morgan fingerprint density at radius 2 is 1.81 bits per heavy atom. The van der Waals surface area contributed by atoms with Gasteiger partial charge in [-0.15, -0.1) is 0 Å². The third-order valence-corrected chi connectivity index (χ3v) is 3.41. The van der Waals surface area contributed by atoms with E-state index in [1.54, 1.807) is 35.1 Å². The summed E-state index contributed by atoms with van der Waals surface area (Å²) in [6.45, 7) is -2.93. The van der Waals surface area contributed by atoms with E-state index in [2.05, 4.69) is 15.2 Å². The summed E-state index contributed by atoms with van der Waals surface area (Å²) in [5.74, 6) is -0.0596. The summed E-state index contributed by atoms with van der Waals surface area (Å²) in [7, 11) is 0. The Hall–Kier alpha value is -3.48. The van der Waals surface area contributed by atoms with Crippen LogP contribution in [0.25, 0.3) is 11.8 Å². The second-order valence-corrected chi connectivity index (χ2v) is 5.22. The van der Waals surface area contributed by atoms with Gasteiger partial charge in [0, 0.05) is 23.9 Å². The van der Waals surface area contributed by atoms with E-state index >= 15 is 0 Å². The summed E-state index contributed by atoms with van der Waals surface area (Å²) in [6, 6.07) is 17.3. The molecule has 132 valence electrons. The molecule has 0 aliphatic carbocycles. The van der Waals surface area contributed by atoms with Gasteiger partial charge in [0.25, 0.3) is 0 Å². The van der Waals surface area contributed by atoms with Crippen molar-refractivity contribution >= 4 is 17.8 Å². The zero-order chi connectivity index (χ0) is 18.4. The number of anilines is 1. The van der Waals surface area contributed by atoms with Crippen LogP contribution in [0.15, 0.2) is 72.9 Å². The molecule has 0 aliphatic heterocycles. The second kappa shape index (κ2) is 8.06. The third kappa shape index (κ3) is 4.54. The first-order valence-corrected chi connectivity index (χ1v) is 7.76. The van der Waals surface area contributed by atoms with Crippen molar-refractivity contribution in [1.29, 1.82) is 0 Å². The topological polar surface area (TPSA) is 56.1 Å². The normalized spacial score (nSPS) is 11.0. The molecule has 1 N–H and O–H groups in total. The molecule has 3 aromatic rings. The van der Waals surface area contributed by atoms with Crippen LogP contribution in [-0.4, -0.2) is 22.3 Å². The Balaban J connectivity index is 1.66. The summed E-state index contributed by atoms with van der Waals surface area (Å²) < 4.78 is 30.8. The second-order valence-electron chi connectivity index (χ2n) is 5.22. The number of rotatable bonds is 6. The molecule has 1 heterocycles. The lowest BCUT2D eigenvalue weighted by Gasteiger charge is -2.07. The summed E-state index contributed by atoms with van der Waals surface area (Å²) in [5, 5.41) is 6.88. The van der Waals surface area contributed by atoms with Crippen molar-refractivity contribution in [3.8, 4) is 11.4 Å². The minimum absolute atomic E-state index is 0.0000875. The molecular formula is C19H15F2N3O2. The lowest BCUT2D eigenvalue weighted by Crippen LogP contribution is -2.09. The number of hydrogen-bond donors (Lipinski definition) is 1. The van der Waals surface area contributed by atoms with Gasteiger partial charge in [-0.1, -0.05) is 36.4 Å². The van der Waals surface area contributed by atoms with Gasteiger partial charge in [-0.05, 0) is 24.3 Å². The van der Waals surface area contributed by atoms with Gasteiger partial charge in [0.1, 0.15) is 5.75 Å². The van der Waals surface area contributed by atoms with Gasteiger partial charge in [0.2, 0.25) is 5.91 Å². The maximum absolute atomic E-state index is 12.4. The number of para-hydroxylation sites is 2. The highest BCUT2D eigenvalue weighted by Gasteiger charge is 2.08. The minimum atomic E-state index is -2.93. The van der Waals surface area contributed by atoms with Gasteiger partial charge in [-0.25, -0.2) is 4.68 Å². The summed E-state index contributed by atoms with van der Waals surface area (Å²) in [6.07, 6.45) is 4.36. The average Bonchev–Trinajstić information content (AvgIpc) is 3.10. The number of nitrogens with one attached hydrogen (secondary N) is 1. The third-order valence-electron chi connectivity index (χ3n) is 3.41. The number of alkyl halides is 2. The first-order chi connectivity index (χ1) is 12.6. The number of carbonyl (C=O) groups is 1. The Kier molecular flexibility index (Phi) is 5.38. The van der Waals surface area contributed by atoms with Gasteiger partial charge >= 0.3 is 6.61 Å². The van der Waals surface area contributed by atoms with Crippen LogP contribution < -0.4 is 10.1 Å². The van der Waals surface area contributed by atoms with Crippen LogP contribution in [0.5, 0.6) is 5.75 Å². The highest BCUT2D eigenvalue weighted by Crippen LogP contribution is 2.21. The molecule has 26 heavy (non-hydrogen) atoms. The Bertz CT molecular complexity index is 908. The zero-order valence-electron chi connectivity index (χ0n) is 13.5. The summed E-state index contributed by atoms with van der Waals surface area (Å²) in [5.41, 5.74) is 1.24. The molecule has 0 aliphatic rings. The van der Waals surface area contributed by atoms with Crippen LogP contribution in [0.3, 0.4) is 0 Å². The fourth-order valence-electron chi connectivity index (χ4n) is 2.27. The predicted octanol–water partition coefficient (Wildman–Crippen LogP) is 4.13. The van der Waals surface area contributed by atoms with Gasteiger partial charge in [0.05, 0.1) is 5.69 Å². The number of nitrogens with zero attached hydrogens (tertiary/aromatic N) is 2. The molecule has 1 aromatic heterocycles. The zero-order valence-corrected chi connectivity index (χ0v) is 13.5. The molecule has 0 saturated carbocycles. The minimum Gasteiger partial charge on any atom is -0.434 e. The fraction of sp³-hybridized carbons (Fsp3) is 0.0526. The first kappa shape index (κ1) is 17.3. The van der Waals surface area contributed by atoms with Crippen molar-refractivity contribution < 1.29 is 18.3 Å². The number of aromatic nitrogens is 2. The monoisotopic (exact) mass is 355 g/mol. The van der Waals surface area contributed by atoms with Gasteiger partial charge in [-0.2, -0.15) is 13.9 Å². The molecule has 0 saturated heterocycles. The number of carbonyl (C=O) groups excluding carboxylic acids is 1. The highest BCUT2D eigenvalue weighted by atomic mass is 19.3. The average molecular weight is 355 g/mol. The van der Waals surface area contributed by atoms with Crippen molar-refractivity contribution in [2.24, 2.45) is 0 Å². The first-order valence-electron chi connectivity index (χ1n) is 7.76. The molecule has 0 radical (unpaired) electrons. The van der Waals surface area contributed by atoms with E-state index in [4.69, 9.17) is 0 Å². The highest BCUT2D eigenvalue weighted by molar-refractivity contribution is 6.01. The Morgan fingerprint density at radius 1 is 1.08 bits per heavy atom. The molecule has 0 fully saturated rings. The van der Waals surface area contributed by atoms with Gasteiger partial charge in [0.15, 0.2) is 5.82 Å².